The summed E-state index contributed by atoms with van der Waals surface area (Å²) in [6.45, 7) is 2.20. The molecule has 9 heteroatoms. The van der Waals surface area contributed by atoms with Gasteiger partial charge in [-0.3, -0.25) is 10.3 Å². The van der Waals surface area contributed by atoms with Crippen molar-refractivity contribution in [1.82, 2.24) is 10.2 Å². The van der Waals surface area contributed by atoms with Crippen LogP contribution in [0.1, 0.15) is 11.1 Å². The van der Waals surface area contributed by atoms with Gasteiger partial charge in [0.05, 0.1) is 5.56 Å². The summed E-state index contributed by atoms with van der Waals surface area (Å²) in [4.78, 5) is 11.6. The molecule has 0 aliphatic rings. The average molecular weight is 528 g/mol. The standard InChI is InChI=1S/C13H14I2N4O3/c1-7-5-8(14)3-4-10(7)21-6-9-11(15)18-22-12(9)17-13(20)19(2)16/h3-5H,6,16H2,1-2H3,(H,17,20). The first-order chi connectivity index (χ1) is 10.4. The van der Waals surface area contributed by atoms with E-state index in [0.717, 1.165) is 19.9 Å². The molecule has 1 aromatic heterocycles. The maximum absolute atomic E-state index is 11.6. The van der Waals surface area contributed by atoms with Gasteiger partial charge in [0.25, 0.3) is 0 Å². The van der Waals surface area contributed by atoms with Crippen LogP contribution in [0.15, 0.2) is 22.7 Å². The Morgan fingerprint density at radius 2 is 2.23 bits per heavy atom. The van der Waals surface area contributed by atoms with Gasteiger partial charge in [0.1, 0.15) is 12.4 Å². The highest BCUT2D eigenvalue weighted by atomic mass is 127. The number of hydrogen-bond donors (Lipinski definition) is 2. The highest BCUT2D eigenvalue weighted by molar-refractivity contribution is 14.1. The van der Waals surface area contributed by atoms with Gasteiger partial charge < -0.3 is 9.26 Å². The van der Waals surface area contributed by atoms with Gasteiger partial charge in [-0.15, -0.1) is 0 Å². The van der Waals surface area contributed by atoms with Crippen LogP contribution >= 0.6 is 45.2 Å². The van der Waals surface area contributed by atoms with E-state index in [0.29, 0.717) is 9.26 Å². The van der Waals surface area contributed by atoms with E-state index in [2.05, 4.69) is 33.1 Å². The monoisotopic (exact) mass is 528 g/mol. The number of carbonyl (C=O) groups is 1. The Bertz CT molecular complexity index is 688. The first kappa shape index (κ1) is 17.3. The fraction of sp³-hybridized carbons (Fsp3) is 0.231. The molecular weight excluding hydrogens is 514 g/mol. The van der Waals surface area contributed by atoms with E-state index in [4.69, 9.17) is 15.1 Å². The van der Waals surface area contributed by atoms with E-state index in [1.807, 2.05) is 47.7 Å². The van der Waals surface area contributed by atoms with Crippen LogP contribution in [0.2, 0.25) is 0 Å². The number of aryl methyl sites for hydroxylation is 1. The predicted molar refractivity (Wildman–Crippen MR) is 98.4 cm³/mol. The fourth-order valence-electron chi connectivity index (χ4n) is 1.62. The minimum Gasteiger partial charge on any atom is -0.488 e. The maximum atomic E-state index is 11.6. The van der Waals surface area contributed by atoms with Crippen molar-refractivity contribution in [2.45, 2.75) is 13.5 Å². The van der Waals surface area contributed by atoms with Crippen LogP contribution in [0.4, 0.5) is 10.7 Å². The molecule has 118 valence electrons. The molecule has 0 spiro atoms. The summed E-state index contributed by atoms with van der Waals surface area (Å²) in [6.07, 6.45) is 0. The molecule has 2 rings (SSSR count). The van der Waals surface area contributed by atoms with E-state index in [1.54, 1.807) is 0 Å². The molecule has 2 amide bonds. The van der Waals surface area contributed by atoms with Crippen LogP contribution in [0.3, 0.4) is 0 Å². The average Bonchev–Trinajstić information content (AvgIpc) is 2.78. The van der Waals surface area contributed by atoms with Crippen molar-refractivity contribution in [3.8, 4) is 5.75 Å². The number of hydrogen-bond acceptors (Lipinski definition) is 5. The normalized spacial score (nSPS) is 10.4. The molecule has 0 bridgehead atoms. The quantitative estimate of drug-likeness (QED) is 0.276. The maximum Gasteiger partial charge on any atom is 0.338 e. The minimum atomic E-state index is -0.501. The number of aromatic nitrogens is 1. The lowest BCUT2D eigenvalue weighted by Gasteiger charge is -2.12. The molecule has 0 radical (unpaired) electrons. The molecule has 1 aromatic carbocycles. The molecule has 0 aliphatic heterocycles. The smallest absolute Gasteiger partial charge is 0.338 e. The van der Waals surface area contributed by atoms with Crippen LogP contribution in [-0.4, -0.2) is 23.2 Å². The molecule has 0 aliphatic carbocycles. The van der Waals surface area contributed by atoms with Crippen molar-refractivity contribution < 1.29 is 14.1 Å². The Labute approximate surface area is 154 Å². The van der Waals surface area contributed by atoms with Crippen molar-refractivity contribution in [3.63, 3.8) is 0 Å². The Hall–Kier alpha value is -1.08. The first-order valence-electron chi connectivity index (χ1n) is 6.21. The second-order valence-corrected chi connectivity index (χ2v) is 6.79. The van der Waals surface area contributed by atoms with Gasteiger partial charge >= 0.3 is 6.03 Å². The molecular formula is C13H14I2N4O3. The summed E-state index contributed by atoms with van der Waals surface area (Å²) in [7, 11) is 1.43. The van der Waals surface area contributed by atoms with Crippen molar-refractivity contribution >= 4 is 57.1 Å². The van der Waals surface area contributed by atoms with Crippen LogP contribution < -0.4 is 15.9 Å². The molecule has 0 saturated heterocycles. The topological polar surface area (TPSA) is 93.6 Å². The van der Waals surface area contributed by atoms with Crippen molar-refractivity contribution in [2.75, 3.05) is 12.4 Å². The first-order valence-corrected chi connectivity index (χ1v) is 8.36. The zero-order chi connectivity index (χ0) is 16.3. The number of carbonyl (C=O) groups excluding carboxylic acids is 1. The summed E-state index contributed by atoms with van der Waals surface area (Å²) in [5.74, 6) is 6.37. The lowest BCUT2D eigenvalue weighted by molar-refractivity contribution is 0.222. The van der Waals surface area contributed by atoms with Crippen LogP contribution in [-0.2, 0) is 6.61 Å². The van der Waals surface area contributed by atoms with Crippen LogP contribution in [0.25, 0.3) is 0 Å². The second-order valence-electron chi connectivity index (χ2n) is 4.52. The summed E-state index contributed by atoms with van der Waals surface area (Å²) in [6, 6.07) is 5.40. The van der Waals surface area contributed by atoms with Gasteiger partial charge in [-0.2, -0.15) is 0 Å². The van der Waals surface area contributed by atoms with Gasteiger partial charge in [0, 0.05) is 10.6 Å². The van der Waals surface area contributed by atoms with Gasteiger partial charge in [0.15, 0.2) is 3.70 Å². The van der Waals surface area contributed by atoms with Gasteiger partial charge in [-0.1, -0.05) is 5.16 Å². The minimum absolute atomic E-state index is 0.229. The van der Waals surface area contributed by atoms with E-state index in [-0.39, 0.29) is 12.5 Å². The number of amides is 2. The van der Waals surface area contributed by atoms with Crippen LogP contribution in [0.5, 0.6) is 5.75 Å². The van der Waals surface area contributed by atoms with Crippen molar-refractivity contribution in [2.24, 2.45) is 5.84 Å². The molecule has 0 unspecified atom stereocenters. The summed E-state index contributed by atoms with van der Waals surface area (Å²) in [5, 5.41) is 7.29. The third kappa shape index (κ3) is 4.23. The molecule has 0 saturated carbocycles. The molecule has 3 N–H and O–H groups in total. The Morgan fingerprint density at radius 3 is 2.86 bits per heavy atom. The fourth-order valence-corrected chi connectivity index (χ4v) is 2.77. The summed E-state index contributed by atoms with van der Waals surface area (Å²) in [5.41, 5.74) is 1.69. The molecule has 0 atom stereocenters. The zero-order valence-electron chi connectivity index (χ0n) is 11.9. The molecule has 1 heterocycles. The Morgan fingerprint density at radius 1 is 1.50 bits per heavy atom. The van der Waals surface area contributed by atoms with Crippen molar-refractivity contribution in [1.29, 1.82) is 0 Å². The van der Waals surface area contributed by atoms with E-state index < -0.39 is 6.03 Å². The molecule has 22 heavy (non-hydrogen) atoms. The van der Waals surface area contributed by atoms with Gasteiger partial charge in [-0.05, 0) is 75.9 Å². The number of halogens is 2. The lowest BCUT2D eigenvalue weighted by atomic mass is 10.2. The number of nitrogens with two attached hydrogens (primary N) is 1. The number of hydrazine groups is 1. The highest BCUT2D eigenvalue weighted by Gasteiger charge is 2.18. The summed E-state index contributed by atoms with van der Waals surface area (Å²) < 4.78 is 12.7. The third-order valence-corrected chi connectivity index (χ3v) is 4.31. The number of nitrogens with one attached hydrogen (secondary N) is 1. The largest absolute Gasteiger partial charge is 0.488 e. The van der Waals surface area contributed by atoms with E-state index in [1.165, 1.54) is 7.05 Å². The number of ether oxygens (including phenoxy) is 1. The Balaban J connectivity index is 2.12. The number of urea groups is 1. The third-order valence-electron chi connectivity index (χ3n) is 2.79. The molecule has 0 fully saturated rings. The number of rotatable bonds is 4. The number of nitrogens with zero attached hydrogens (tertiary/aromatic N) is 2. The van der Waals surface area contributed by atoms with Gasteiger partial charge in [0.2, 0.25) is 5.88 Å². The Kier molecular flexibility index (Phi) is 5.86. The predicted octanol–water partition coefficient (Wildman–Crippen LogP) is 3.11. The SMILES string of the molecule is Cc1cc(I)ccc1OCc1c(I)noc1NC(=O)N(C)N. The highest BCUT2D eigenvalue weighted by Crippen LogP contribution is 2.26. The molecule has 2 aromatic rings. The summed E-state index contributed by atoms with van der Waals surface area (Å²) >= 11 is 4.27. The van der Waals surface area contributed by atoms with E-state index >= 15 is 0 Å². The van der Waals surface area contributed by atoms with Crippen LogP contribution in [0, 0.1) is 14.2 Å². The molecule has 7 nitrogen and oxygen atoms in total. The van der Waals surface area contributed by atoms with Gasteiger partial charge in [-0.25, -0.2) is 10.6 Å². The zero-order valence-corrected chi connectivity index (χ0v) is 16.2. The van der Waals surface area contributed by atoms with E-state index in [9.17, 15) is 4.79 Å². The number of benzene rings is 1. The number of anilines is 1. The lowest BCUT2D eigenvalue weighted by Crippen LogP contribution is -2.37. The van der Waals surface area contributed by atoms with Crippen molar-refractivity contribution in [3.05, 3.63) is 36.6 Å². The second kappa shape index (κ2) is 7.46.